The molecule has 0 spiro atoms. The number of benzene rings is 2. The highest BCUT2D eigenvalue weighted by Crippen LogP contribution is 2.17. The molecule has 1 atom stereocenters. The van der Waals surface area contributed by atoms with E-state index in [1.807, 2.05) is 0 Å². The highest BCUT2D eigenvalue weighted by molar-refractivity contribution is 5.97. The van der Waals surface area contributed by atoms with E-state index in [0.29, 0.717) is 11.1 Å². The summed E-state index contributed by atoms with van der Waals surface area (Å²) in [5, 5.41) is 3.65. The Kier molecular flexibility index (Phi) is 6.34. The number of nitrogens with one attached hydrogen (secondary N) is 1. The molecule has 0 aromatic heterocycles. The molecule has 1 N–H and O–H groups in total. The minimum absolute atomic E-state index is 0.334. The average molecular weight is 368 g/mol. The van der Waals surface area contributed by atoms with Crippen LogP contribution in [0.5, 0.6) is 0 Å². The number of carbonyl (C=O) groups excluding carboxylic acids is 3. The van der Waals surface area contributed by atoms with Crippen molar-refractivity contribution in [2.75, 3.05) is 0 Å². The van der Waals surface area contributed by atoms with Gasteiger partial charge < -0.3 is 10.2 Å². The van der Waals surface area contributed by atoms with E-state index in [9.17, 15) is 14.4 Å². The predicted molar refractivity (Wildman–Crippen MR) is 102 cm³/mol. The van der Waals surface area contributed by atoms with Gasteiger partial charge >= 0.3 is 5.97 Å². The molecule has 27 heavy (non-hydrogen) atoms. The Morgan fingerprint density at radius 3 is 1.85 bits per heavy atom. The Hall–Kier alpha value is -3.15. The van der Waals surface area contributed by atoms with E-state index in [0.717, 1.165) is 5.06 Å². The van der Waals surface area contributed by atoms with Crippen LogP contribution in [0.2, 0.25) is 0 Å². The van der Waals surface area contributed by atoms with Crippen molar-refractivity contribution in [3.8, 4) is 0 Å². The van der Waals surface area contributed by atoms with E-state index in [1.54, 1.807) is 88.4 Å². The maximum absolute atomic E-state index is 12.9. The molecule has 0 saturated heterocycles. The fraction of sp³-hybridized carbons (Fsp3) is 0.286. The van der Waals surface area contributed by atoms with Gasteiger partial charge in [-0.3, -0.25) is 9.59 Å². The summed E-state index contributed by atoms with van der Waals surface area (Å²) in [6, 6.07) is 16.1. The van der Waals surface area contributed by atoms with Gasteiger partial charge in [-0.1, -0.05) is 36.4 Å². The minimum atomic E-state index is -0.875. The summed E-state index contributed by atoms with van der Waals surface area (Å²) in [6.45, 7) is 6.79. The molecule has 6 heteroatoms. The SMILES string of the molecule is C[C@H](NC(=O)c1ccccc1)C(=O)N(OC(=O)c1ccccc1)C(C)(C)C. The zero-order valence-corrected chi connectivity index (χ0v) is 15.9. The minimum Gasteiger partial charge on any atom is -0.340 e. The third-order valence-electron chi connectivity index (χ3n) is 3.75. The van der Waals surface area contributed by atoms with Crippen LogP contribution in [0.4, 0.5) is 0 Å². The number of amides is 2. The van der Waals surface area contributed by atoms with Gasteiger partial charge in [0.25, 0.3) is 11.8 Å². The second kappa shape index (κ2) is 8.49. The molecule has 0 unspecified atom stereocenters. The van der Waals surface area contributed by atoms with Crippen molar-refractivity contribution in [1.82, 2.24) is 10.4 Å². The van der Waals surface area contributed by atoms with Gasteiger partial charge in [0, 0.05) is 5.56 Å². The molecule has 142 valence electrons. The second-order valence-corrected chi connectivity index (χ2v) is 7.11. The Morgan fingerprint density at radius 2 is 1.37 bits per heavy atom. The fourth-order valence-corrected chi connectivity index (χ4v) is 2.33. The van der Waals surface area contributed by atoms with Gasteiger partial charge in [0.2, 0.25) is 0 Å². The number of rotatable bonds is 4. The van der Waals surface area contributed by atoms with Crippen LogP contribution in [0.3, 0.4) is 0 Å². The summed E-state index contributed by atoms with van der Waals surface area (Å²) in [4.78, 5) is 42.9. The number of carbonyl (C=O) groups is 3. The number of nitrogens with zero attached hydrogens (tertiary/aromatic N) is 1. The Morgan fingerprint density at radius 1 is 0.889 bits per heavy atom. The Bertz CT molecular complexity index is 798. The molecule has 0 heterocycles. The van der Waals surface area contributed by atoms with E-state index in [2.05, 4.69) is 5.32 Å². The zero-order chi connectivity index (χ0) is 20.0. The molecule has 2 amide bonds. The first-order valence-electron chi connectivity index (χ1n) is 8.67. The average Bonchev–Trinajstić information content (AvgIpc) is 2.65. The van der Waals surface area contributed by atoms with Crippen LogP contribution >= 0.6 is 0 Å². The van der Waals surface area contributed by atoms with E-state index in [1.165, 1.54) is 0 Å². The van der Waals surface area contributed by atoms with Gasteiger partial charge in [-0.15, -0.1) is 0 Å². The second-order valence-electron chi connectivity index (χ2n) is 7.11. The monoisotopic (exact) mass is 368 g/mol. The van der Waals surface area contributed by atoms with Crippen LogP contribution in [0.1, 0.15) is 48.4 Å². The quantitative estimate of drug-likeness (QED) is 0.841. The lowest BCUT2D eigenvalue weighted by Crippen LogP contribution is -2.54. The van der Waals surface area contributed by atoms with Crippen LogP contribution in [0.25, 0.3) is 0 Å². The van der Waals surface area contributed by atoms with Crippen molar-refractivity contribution in [2.24, 2.45) is 0 Å². The summed E-state index contributed by atoms with van der Waals surface area (Å²) in [6.07, 6.45) is 0. The van der Waals surface area contributed by atoms with Crippen LogP contribution in [0, 0.1) is 0 Å². The van der Waals surface area contributed by atoms with E-state index in [4.69, 9.17) is 4.84 Å². The summed E-state index contributed by atoms with van der Waals surface area (Å²) in [5.74, 6) is -1.53. The van der Waals surface area contributed by atoms with Crippen molar-refractivity contribution < 1.29 is 19.2 Å². The standard InChI is InChI=1S/C21H24N2O4/c1-15(22-18(24)16-11-7-5-8-12-16)19(25)23(21(2,3)4)27-20(26)17-13-9-6-10-14-17/h5-15H,1-4H3,(H,22,24)/t15-/m0/s1. The maximum atomic E-state index is 12.9. The molecule has 0 aliphatic heterocycles. The first-order valence-corrected chi connectivity index (χ1v) is 8.67. The van der Waals surface area contributed by atoms with Crippen LogP contribution in [-0.2, 0) is 9.63 Å². The van der Waals surface area contributed by atoms with Gasteiger partial charge in [0.15, 0.2) is 0 Å². The first-order chi connectivity index (χ1) is 12.7. The summed E-state index contributed by atoms with van der Waals surface area (Å²) >= 11 is 0. The van der Waals surface area contributed by atoms with Crippen molar-refractivity contribution >= 4 is 17.8 Å². The lowest BCUT2D eigenvalue weighted by Gasteiger charge is -2.34. The van der Waals surface area contributed by atoms with Gasteiger partial charge in [0.1, 0.15) is 6.04 Å². The Balaban J connectivity index is 2.12. The zero-order valence-electron chi connectivity index (χ0n) is 15.9. The van der Waals surface area contributed by atoms with Gasteiger partial charge in [-0.05, 0) is 52.0 Å². The fourth-order valence-electron chi connectivity index (χ4n) is 2.33. The molecule has 6 nitrogen and oxygen atoms in total. The smallest absolute Gasteiger partial charge is 0.340 e. The highest BCUT2D eigenvalue weighted by Gasteiger charge is 2.34. The molecular weight excluding hydrogens is 344 g/mol. The molecule has 0 aliphatic rings. The van der Waals surface area contributed by atoms with Crippen molar-refractivity contribution in [2.45, 2.75) is 39.3 Å². The van der Waals surface area contributed by atoms with Crippen molar-refractivity contribution in [3.63, 3.8) is 0 Å². The molecule has 0 radical (unpaired) electrons. The molecule has 2 aromatic carbocycles. The van der Waals surface area contributed by atoms with E-state index in [-0.39, 0.29) is 5.91 Å². The molecule has 0 saturated carbocycles. The number of hydrogen-bond acceptors (Lipinski definition) is 4. The summed E-state index contributed by atoms with van der Waals surface area (Å²) in [5.41, 5.74) is -0.00552. The Labute approximate surface area is 159 Å². The van der Waals surface area contributed by atoms with E-state index >= 15 is 0 Å². The lowest BCUT2D eigenvalue weighted by molar-refractivity contribution is -0.190. The molecule has 2 rings (SSSR count). The van der Waals surface area contributed by atoms with Gasteiger partial charge in [-0.2, -0.15) is 5.06 Å². The largest absolute Gasteiger partial charge is 0.363 e. The lowest BCUT2D eigenvalue weighted by atomic mass is 10.1. The summed E-state index contributed by atoms with van der Waals surface area (Å²) in [7, 11) is 0. The maximum Gasteiger partial charge on any atom is 0.363 e. The molecule has 0 fully saturated rings. The predicted octanol–water partition coefficient (Wildman–Crippen LogP) is 3.20. The topological polar surface area (TPSA) is 75.7 Å². The van der Waals surface area contributed by atoms with Crippen LogP contribution < -0.4 is 5.32 Å². The van der Waals surface area contributed by atoms with Crippen LogP contribution in [0.15, 0.2) is 60.7 Å². The third kappa shape index (κ3) is 5.41. The highest BCUT2D eigenvalue weighted by atomic mass is 16.7. The molecular formula is C21H24N2O4. The van der Waals surface area contributed by atoms with Crippen LogP contribution in [-0.4, -0.2) is 34.4 Å². The molecule has 0 bridgehead atoms. The van der Waals surface area contributed by atoms with Crippen molar-refractivity contribution in [3.05, 3.63) is 71.8 Å². The van der Waals surface area contributed by atoms with Gasteiger partial charge in [-0.25, -0.2) is 4.79 Å². The summed E-state index contributed by atoms with van der Waals surface area (Å²) < 4.78 is 0. The molecule has 2 aromatic rings. The number of hydrogen-bond donors (Lipinski definition) is 1. The number of hydroxylamine groups is 2. The first kappa shape index (κ1) is 20.2. The van der Waals surface area contributed by atoms with Gasteiger partial charge in [0.05, 0.1) is 11.1 Å². The third-order valence-corrected chi connectivity index (χ3v) is 3.75. The van der Waals surface area contributed by atoms with E-state index < -0.39 is 23.5 Å². The van der Waals surface area contributed by atoms with Crippen molar-refractivity contribution in [1.29, 1.82) is 0 Å². The molecule has 0 aliphatic carbocycles. The normalized spacial score (nSPS) is 12.0.